The number of rotatable bonds is 16. The van der Waals surface area contributed by atoms with Gasteiger partial charge >= 0.3 is 0 Å². The summed E-state index contributed by atoms with van der Waals surface area (Å²) >= 11 is 0. The van der Waals surface area contributed by atoms with E-state index in [1.807, 2.05) is 50.1 Å². The average molecular weight is 1880 g/mol. The molecule has 0 N–H and O–H groups in total. The second-order valence-electron chi connectivity index (χ2n) is 50.4. The molecule has 136 heavy (non-hydrogen) atoms. The van der Waals surface area contributed by atoms with E-state index in [0.717, 1.165) is 146 Å². The molecule has 0 radical (unpaired) electrons. The lowest BCUT2D eigenvalue weighted by Crippen LogP contribution is -2.47. The van der Waals surface area contributed by atoms with Crippen LogP contribution in [-0.4, -0.2) is 265 Å². The molecule has 8 aliphatic rings. The van der Waals surface area contributed by atoms with E-state index in [4.69, 9.17) is 0 Å². The van der Waals surface area contributed by atoms with Crippen molar-refractivity contribution in [3.05, 3.63) is 146 Å². The molecule has 16 rings (SSSR count). The van der Waals surface area contributed by atoms with Gasteiger partial charge in [0, 0.05) is 223 Å². The minimum Gasteiger partial charge on any atom is -0.337 e. The molecule has 0 spiro atoms. The van der Waals surface area contributed by atoms with Crippen LogP contribution in [0.2, 0.25) is 0 Å². The molecule has 8 aromatic heterocycles. The van der Waals surface area contributed by atoms with Crippen LogP contribution in [-0.2, 0) is 52.4 Å². The van der Waals surface area contributed by atoms with Crippen molar-refractivity contribution in [3.8, 4) is 0 Å². The third-order valence-corrected chi connectivity index (χ3v) is 30.2. The molecule has 0 saturated carbocycles. The number of nitrogens with zero attached hydrogens (tertiary/aromatic N) is 24. The Morgan fingerprint density at radius 3 is 0.456 bits per heavy atom. The van der Waals surface area contributed by atoms with Gasteiger partial charge in [-0.2, -0.15) is 0 Å². The highest BCUT2D eigenvalue weighted by atomic mass is 15.3. The molecule has 0 aliphatic carbocycles. The standard InChI is InChI=1S/8C14H25N3/c4*1-12-15-7-9-16(12)10-13-6-5-8-17(11-13)14(2,3)4;4*1-12-8-16(11-15-12)9-13-6-5-7-17(10-13)14(2,3)4/h4*7,9,13H,5-6,8,10-11H2,1-4H3;4*8,11,13H,5-7,9-10H2,1-4H3/t8*13-/m11001100/s1. The van der Waals surface area contributed by atoms with Crippen LogP contribution in [0.3, 0.4) is 0 Å². The molecule has 24 heteroatoms. The van der Waals surface area contributed by atoms with Gasteiger partial charge in [0.1, 0.15) is 23.3 Å². The van der Waals surface area contributed by atoms with Crippen LogP contribution in [0, 0.1) is 103 Å². The van der Waals surface area contributed by atoms with Crippen molar-refractivity contribution in [1.82, 2.24) is 116 Å². The van der Waals surface area contributed by atoms with Gasteiger partial charge in [-0.15, -0.1) is 0 Å². The van der Waals surface area contributed by atoms with Crippen LogP contribution < -0.4 is 0 Å². The summed E-state index contributed by atoms with van der Waals surface area (Å²) in [6, 6.07) is 0. The van der Waals surface area contributed by atoms with Crippen molar-refractivity contribution in [2.45, 2.75) is 421 Å². The highest BCUT2D eigenvalue weighted by molar-refractivity contribution is 5.01. The Kier molecular flexibility index (Phi) is 42.7. The molecule has 8 fully saturated rings. The predicted octanol–water partition coefficient (Wildman–Crippen LogP) is 21.6. The van der Waals surface area contributed by atoms with Crippen LogP contribution in [0.15, 0.2) is 99.7 Å². The maximum Gasteiger partial charge on any atom is 0.105 e. The summed E-state index contributed by atoms with van der Waals surface area (Å²) < 4.78 is 18.1. The Morgan fingerprint density at radius 2 is 0.346 bits per heavy atom. The molecule has 0 unspecified atom stereocenters. The van der Waals surface area contributed by atoms with Gasteiger partial charge in [0.2, 0.25) is 0 Å². The first-order valence-corrected chi connectivity index (χ1v) is 53.5. The fourth-order valence-corrected chi connectivity index (χ4v) is 21.6. The lowest BCUT2D eigenvalue weighted by Gasteiger charge is -2.41. The summed E-state index contributed by atoms with van der Waals surface area (Å²) in [5, 5.41) is 0. The van der Waals surface area contributed by atoms with Gasteiger partial charge in [-0.05, 0) is 424 Å². The van der Waals surface area contributed by atoms with Gasteiger partial charge < -0.3 is 36.5 Å². The predicted molar refractivity (Wildman–Crippen MR) is 568 cm³/mol. The summed E-state index contributed by atoms with van der Waals surface area (Å²) in [4.78, 5) is 55.3. The molecular formula is C112H200N24. The number of hydrogen-bond donors (Lipinski definition) is 0. The van der Waals surface area contributed by atoms with E-state index < -0.39 is 0 Å². The first-order chi connectivity index (χ1) is 63.7. The molecule has 8 atom stereocenters. The van der Waals surface area contributed by atoms with Gasteiger partial charge in [-0.3, -0.25) is 39.2 Å². The fourth-order valence-electron chi connectivity index (χ4n) is 21.6. The minimum atomic E-state index is 0.308. The normalized spacial score (nSPS) is 22.9. The Hall–Kier alpha value is -6.64. The van der Waals surface area contributed by atoms with Gasteiger partial charge in [-0.25, -0.2) is 39.9 Å². The Balaban J connectivity index is 0.000000174. The van der Waals surface area contributed by atoms with Crippen LogP contribution >= 0.6 is 0 Å². The van der Waals surface area contributed by atoms with Crippen molar-refractivity contribution in [3.63, 3.8) is 0 Å². The number of imidazole rings is 8. The smallest absolute Gasteiger partial charge is 0.105 e. The van der Waals surface area contributed by atoms with Gasteiger partial charge in [0.15, 0.2) is 0 Å². The molecule has 8 saturated heterocycles. The van der Waals surface area contributed by atoms with E-state index in [0.29, 0.717) is 44.3 Å². The summed E-state index contributed by atoms with van der Waals surface area (Å²) in [6.45, 7) is 101. The summed E-state index contributed by atoms with van der Waals surface area (Å²) in [5.74, 6) is 10.7. The first kappa shape index (κ1) is 113. The van der Waals surface area contributed by atoms with E-state index in [1.165, 1.54) is 207 Å². The molecule has 0 bridgehead atoms. The fraction of sp³-hybridized carbons (Fsp3) is 0.786. The molecule has 16 heterocycles. The number of hydrogen-bond acceptors (Lipinski definition) is 16. The zero-order valence-electron chi connectivity index (χ0n) is 92.9. The Labute approximate surface area is 829 Å². The van der Waals surface area contributed by atoms with Crippen LogP contribution in [0.5, 0.6) is 0 Å². The third kappa shape index (κ3) is 38.7. The number of likely N-dealkylation sites (tertiary alicyclic amines) is 8. The van der Waals surface area contributed by atoms with Crippen LogP contribution in [0.25, 0.3) is 0 Å². The summed E-state index contributed by atoms with van der Waals surface area (Å²) in [5.41, 5.74) is 6.94. The topological polar surface area (TPSA) is 168 Å². The molecular weight excluding hydrogens is 1680 g/mol. The monoisotopic (exact) mass is 1880 g/mol. The zero-order valence-corrected chi connectivity index (χ0v) is 92.9. The quantitative estimate of drug-likeness (QED) is 0.0895. The van der Waals surface area contributed by atoms with Crippen molar-refractivity contribution >= 4 is 0 Å². The highest BCUT2D eigenvalue weighted by Crippen LogP contribution is 2.34. The van der Waals surface area contributed by atoms with Crippen molar-refractivity contribution in [2.75, 3.05) is 105 Å². The van der Waals surface area contributed by atoms with E-state index in [-0.39, 0.29) is 0 Å². The second-order valence-corrected chi connectivity index (χ2v) is 50.4. The third-order valence-electron chi connectivity index (χ3n) is 30.2. The average Bonchev–Trinajstić information content (AvgIpc) is 1.50. The van der Waals surface area contributed by atoms with Crippen LogP contribution in [0.4, 0.5) is 0 Å². The maximum atomic E-state index is 4.30. The highest BCUT2D eigenvalue weighted by Gasteiger charge is 2.36. The van der Waals surface area contributed by atoms with Crippen LogP contribution in [0.1, 0.15) is 315 Å². The molecule has 24 nitrogen and oxygen atoms in total. The van der Waals surface area contributed by atoms with E-state index in [1.54, 1.807) is 0 Å². The van der Waals surface area contributed by atoms with Crippen molar-refractivity contribution < 1.29 is 0 Å². The van der Waals surface area contributed by atoms with E-state index >= 15 is 0 Å². The molecule has 768 valence electrons. The van der Waals surface area contributed by atoms with Gasteiger partial charge in [-0.1, -0.05) is 0 Å². The molecule has 0 amide bonds. The SMILES string of the molecule is Cc1cn(C[C@@H]2CCCN(C(C)(C)C)C2)cn1.Cc1cn(C[C@@H]2CCCN(C(C)(C)C)C2)cn1.Cc1cn(C[C@H]2CCCN(C(C)(C)C)C2)cn1.Cc1cn(C[C@H]2CCCN(C(C)(C)C)C2)cn1.Cc1nccn1C[C@@H]1CCCN(C(C)(C)C)C1.Cc1nccn1C[C@@H]1CCCN(C(C)(C)C)C1.Cc1nccn1C[C@H]1CCCN(C(C)(C)C)C1.Cc1nccn1C[C@H]1CCCN(C(C)(C)C)C1. The van der Waals surface area contributed by atoms with Crippen molar-refractivity contribution in [1.29, 1.82) is 0 Å². The number of piperidine rings is 8. The van der Waals surface area contributed by atoms with Crippen molar-refractivity contribution in [2.24, 2.45) is 47.3 Å². The number of aromatic nitrogens is 16. The lowest BCUT2D eigenvalue weighted by molar-refractivity contribution is 0.0731. The summed E-state index contributed by atoms with van der Waals surface area (Å²) in [7, 11) is 0. The van der Waals surface area contributed by atoms with Gasteiger partial charge in [0.25, 0.3) is 0 Å². The largest absolute Gasteiger partial charge is 0.337 e. The zero-order chi connectivity index (χ0) is 99.7. The number of aryl methyl sites for hydroxylation is 8. The molecule has 0 aromatic carbocycles. The molecule has 8 aromatic rings. The second kappa shape index (κ2) is 51.4. The lowest BCUT2D eigenvalue weighted by atomic mass is 9.93. The molecule has 8 aliphatic heterocycles. The first-order valence-electron chi connectivity index (χ1n) is 53.5. The van der Waals surface area contributed by atoms with Gasteiger partial charge in [0.05, 0.1) is 48.1 Å². The Bertz CT molecular complexity index is 4050. The maximum absolute atomic E-state index is 4.30. The minimum absolute atomic E-state index is 0.308. The Morgan fingerprint density at radius 1 is 0.206 bits per heavy atom. The summed E-state index contributed by atoms with van der Waals surface area (Å²) in [6.07, 6.45) is 53.9. The van der Waals surface area contributed by atoms with E-state index in [9.17, 15) is 0 Å². The van der Waals surface area contributed by atoms with E-state index in [2.05, 4.69) is 387 Å².